The summed E-state index contributed by atoms with van der Waals surface area (Å²) in [6.45, 7) is 5.92. The summed E-state index contributed by atoms with van der Waals surface area (Å²) in [5.41, 5.74) is 4.59. The predicted molar refractivity (Wildman–Crippen MR) is 128 cm³/mol. The SMILES string of the molecule is C=CCOc1ccc(-c2ccc(-c3ccc(C=CCCCC(C)O)c(F)c3)cc2)cc1. The number of benzene rings is 3. The molecule has 0 bridgehead atoms. The lowest BCUT2D eigenvalue weighted by Gasteiger charge is -2.08. The second-order valence-corrected chi connectivity index (χ2v) is 7.62. The molecule has 3 rings (SSSR count). The van der Waals surface area contributed by atoms with E-state index in [-0.39, 0.29) is 11.9 Å². The summed E-state index contributed by atoms with van der Waals surface area (Å²) in [6.07, 6.45) is 7.69. The maximum Gasteiger partial charge on any atom is 0.131 e. The van der Waals surface area contributed by atoms with Crippen LogP contribution in [0.25, 0.3) is 28.3 Å². The van der Waals surface area contributed by atoms with Gasteiger partial charge in [0.1, 0.15) is 18.2 Å². The molecule has 0 aliphatic heterocycles. The molecule has 3 aromatic carbocycles. The molecule has 3 heteroatoms. The highest BCUT2D eigenvalue weighted by molar-refractivity contribution is 5.71. The molecular formula is C28H29FO2. The first-order valence-electron chi connectivity index (χ1n) is 10.7. The predicted octanol–water partition coefficient (Wildman–Crippen LogP) is 7.29. The van der Waals surface area contributed by atoms with E-state index in [0.717, 1.165) is 47.3 Å². The van der Waals surface area contributed by atoms with Gasteiger partial charge in [0.25, 0.3) is 0 Å². The molecule has 0 saturated heterocycles. The van der Waals surface area contributed by atoms with Crippen molar-refractivity contribution in [1.82, 2.24) is 0 Å². The zero-order valence-corrected chi connectivity index (χ0v) is 17.9. The van der Waals surface area contributed by atoms with Crippen LogP contribution in [0.5, 0.6) is 5.75 Å². The normalized spacial score (nSPS) is 12.1. The van der Waals surface area contributed by atoms with Crippen molar-refractivity contribution in [2.45, 2.75) is 32.3 Å². The van der Waals surface area contributed by atoms with Gasteiger partial charge in [-0.3, -0.25) is 0 Å². The quantitative estimate of drug-likeness (QED) is 0.278. The van der Waals surface area contributed by atoms with Crippen LogP contribution in [0.1, 0.15) is 31.7 Å². The minimum atomic E-state index is -0.286. The Labute approximate surface area is 184 Å². The molecule has 0 spiro atoms. The van der Waals surface area contributed by atoms with E-state index in [9.17, 15) is 9.50 Å². The van der Waals surface area contributed by atoms with Crippen molar-refractivity contribution in [3.63, 3.8) is 0 Å². The number of hydrogen-bond donors (Lipinski definition) is 1. The number of allylic oxidation sites excluding steroid dienone is 1. The molecule has 0 saturated carbocycles. The van der Waals surface area contributed by atoms with Crippen LogP contribution >= 0.6 is 0 Å². The Morgan fingerprint density at radius 3 is 2.10 bits per heavy atom. The molecule has 3 aromatic rings. The van der Waals surface area contributed by atoms with E-state index in [1.54, 1.807) is 19.1 Å². The Kier molecular flexibility index (Phi) is 8.19. The lowest BCUT2D eigenvalue weighted by Crippen LogP contribution is -1.97. The molecule has 0 aromatic heterocycles. The molecule has 0 radical (unpaired) electrons. The number of rotatable bonds is 10. The molecule has 31 heavy (non-hydrogen) atoms. The van der Waals surface area contributed by atoms with Gasteiger partial charge in [-0.15, -0.1) is 0 Å². The number of unbranched alkanes of at least 4 members (excludes halogenated alkanes) is 1. The van der Waals surface area contributed by atoms with E-state index in [1.165, 1.54) is 0 Å². The van der Waals surface area contributed by atoms with Gasteiger partial charge in [0.15, 0.2) is 0 Å². The number of ether oxygens (including phenoxy) is 1. The molecule has 0 amide bonds. The van der Waals surface area contributed by atoms with Crippen molar-refractivity contribution < 1.29 is 14.2 Å². The fraction of sp³-hybridized carbons (Fsp3) is 0.214. The molecule has 160 valence electrons. The standard InChI is InChI=1S/C28H29FO2/c1-3-19-31-27-17-15-23(16-18-27)22-9-11-24(12-10-22)26-14-13-25(28(29)20-26)8-6-4-5-7-21(2)30/h3,6,8-18,20-21,30H,1,4-5,7,19H2,2H3. The van der Waals surface area contributed by atoms with Gasteiger partial charge in [0, 0.05) is 5.56 Å². The molecule has 2 nitrogen and oxygen atoms in total. The van der Waals surface area contributed by atoms with Gasteiger partial charge in [-0.1, -0.05) is 73.3 Å². The highest BCUT2D eigenvalue weighted by atomic mass is 19.1. The molecule has 0 aliphatic carbocycles. The first kappa shape index (κ1) is 22.5. The summed E-state index contributed by atoms with van der Waals surface area (Å²) in [7, 11) is 0. The van der Waals surface area contributed by atoms with Crippen LogP contribution in [-0.4, -0.2) is 17.8 Å². The first-order valence-corrected chi connectivity index (χ1v) is 10.7. The second kappa shape index (κ2) is 11.3. The fourth-order valence-corrected chi connectivity index (χ4v) is 3.34. The highest BCUT2D eigenvalue weighted by Gasteiger charge is 2.05. The molecule has 0 aliphatic rings. The van der Waals surface area contributed by atoms with E-state index in [1.807, 2.05) is 72.8 Å². The minimum Gasteiger partial charge on any atom is -0.490 e. The third-order valence-electron chi connectivity index (χ3n) is 5.06. The van der Waals surface area contributed by atoms with Crippen LogP contribution in [0.4, 0.5) is 4.39 Å². The first-order chi connectivity index (χ1) is 15.1. The maximum atomic E-state index is 14.5. The van der Waals surface area contributed by atoms with Crippen LogP contribution in [0.2, 0.25) is 0 Å². The van der Waals surface area contributed by atoms with E-state index in [0.29, 0.717) is 12.2 Å². The summed E-state index contributed by atoms with van der Waals surface area (Å²) in [4.78, 5) is 0. The van der Waals surface area contributed by atoms with Crippen LogP contribution in [-0.2, 0) is 0 Å². The van der Waals surface area contributed by atoms with Crippen molar-refractivity contribution in [3.05, 3.63) is 96.8 Å². The van der Waals surface area contributed by atoms with Crippen molar-refractivity contribution in [2.75, 3.05) is 6.61 Å². The Bertz CT molecular complexity index is 1000. The summed E-state index contributed by atoms with van der Waals surface area (Å²) in [6, 6.07) is 21.4. The van der Waals surface area contributed by atoms with Crippen molar-refractivity contribution in [1.29, 1.82) is 0 Å². The Balaban J connectivity index is 1.66. The molecular weight excluding hydrogens is 387 g/mol. The molecule has 1 unspecified atom stereocenters. The monoisotopic (exact) mass is 416 g/mol. The van der Waals surface area contributed by atoms with Crippen LogP contribution in [0.3, 0.4) is 0 Å². The third kappa shape index (κ3) is 6.66. The van der Waals surface area contributed by atoms with Gasteiger partial charge in [0.2, 0.25) is 0 Å². The number of halogens is 1. The topological polar surface area (TPSA) is 29.5 Å². The lowest BCUT2D eigenvalue weighted by molar-refractivity contribution is 0.182. The van der Waals surface area contributed by atoms with E-state index in [4.69, 9.17) is 4.74 Å². The minimum absolute atomic E-state index is 0.233. The zero-order valence-electron chi connectivity index (χ0n) is 17.9. The summed E-state index contributed by atoms with van der Waals surface area (Å²) < 4.78 is 20.1. The second-order valence-electron chi connectivity index (χ2n) is 7.62. The van der Waals surface area contributed by atoms with E-state index >= 15 is 0 Å². The summed E-state index contributed by atoms with van der Waals surface area (Å²) in [5, 5.41) is 9.28. The number of aliphatic hydroxyl groups excluding tert-OH is 1. The molecule has 1 N–H and O–H groups in total. The average Bonchev–Trinajstić information content (AvgIpc) is 2.78. The Hall–Kier alpha value is -3.17. The third-order valence-corrected chi connectivity index (χ3v) is 5.06. The van der Waals surface area contributed by atoms with Gasteiger partial charge in [-0.2, -0.15) is 0 Å². The van der Waals surface area contributed by atoms with Gasteiger partial charge < -0.3 is 9.84 Å². The van der Waals surface area contributed by atoms with Gasteiger partial charge in [0.05, 0.1) is 6.10 Å². The van der Waals surface area contributed by atoms with Crippen molar-refractivity contribution in [2.24, 2.45) is 0 Å². The molecule has 0 heterocycles. The largest absolute Gasteiger partial charge is 0.490 e. The van der Waals surface area contributed by atoms with Crippen molar-refractivity contribution >= 4 is 6.08 Å². The Morgan fingerprint density at radius 2 is 1.52 bits per heavy atom. The Morgan fingerprint density at radius 1 is 0.935 bits per heavy atom. The van der Waals surface area contributed by atoms with Crippen LogP contribution < -0.4 is 4.74 Å². The number of aliphatic hydroxyl groups is 1. The average molecular weight is 417 g/mol. The fourth-order valence-electron chi connectivity index (χ4n) is 3.34. The van der Waals surface area contributed by atoms with Gasteiger partial charge in [-0.05, 0) is 66.6 Å². The van der Waals surface area contributed by atoms with E-state index < -0.39 is 0 Å². The molecule has 1 atom stereocenters. The van der Waals surface area contributed by atoms with Gasteiger partial charge >= 0.3 is 0 Å². The van der Waals surface area contributed by atoms with Crippen LogP contribution in [0, 0.1) is 5.82 Å². The van der Waals surface area contributed by atoms with E-state index in [2.05, 4.69) is 6.58 Å². The maximum absolute atomic E-state index is 14.5. The summed E-state index contributed by atoms with van der Waals surface area (Å²) in [5.74, 6) is 0.580. The smallest absolute Gasteiger partial charge is 0.131 e. The van der Waals surface area contributed by atoms with Crippen LogP contribution in [0.15, 0.2) is 85.5 Å². The number of hydrogen-bond acceptors (Lipinski definition) is 2. The molecule has 0 fully saturated rings. The van der Waals surface area contributed by atoms with Gasteiger partial charge in [-0.25, -0.2) is 4.39 Å². The zero-order chi connectivity index (χ0) is 22.1. The highest BCUT2D eigenvalue weighted by Crippen LogP contribution is 2.27. The summed E-state index contributed by atoms with van der Waals surface area (Å²) >= 11 is 0. The van der Waals surface area contributed by atoms with Crippen molar-refractivity contribution in [3.8, 4) is 28.0 Å². The lowest BCUT2D eigenvalue weighted by atomic mass is 9.99.